The molecule has 1 aromatic heterocycles. The number of rotatable bonds is 4. The zero-order chi connectivity index (χ0) is 16.6. The van der Waals surface area contributed by atoms with Gasteiger partial charge in [0.2, 0.25) is 0 Å². The molecule has 0 unspecified atom stereocenters. The fraction of sp³-hybridized carbons (Fsp3) is 0.0500. The van der Waals surface area contributed by atoms with Gasteiger partial charge in [0, 0.05) is 18.0 Å². The summed E-state index contributed by atoms with van der Waals surface area (Å²) in [4.78, 5) is 9.87. The standard InChI is InChI=1S/C14H12N3.C6H5O.Fe/c1-2-6-12(7-3-1)10-17-11-14(15-16-17)13-8-4-5-9-13;7-5-6-3-1-2-4-6;/h1-9,11H,10H2;1-5H;/q;;+2. The first kappa shape index (κ1) is 19.9. The van der Waals surface area contributed by atoms with Crippen LogP contribution in [0.4, 0.5) is 0 Å². The minimum Gasteiger partial charge on any atom is -0.303 e. The van der Waals surface area contributed by atoms with Crippen molar-refractivity contribution in [2.45, 2.75) is 6.54 Å². The Labute approximate surface area is 160 Å². The first-order chi connectivity index (χ1) is 11.8. The summed E-state index contributed by atoms with van der Waals surface area (Å²) < 4.78 is 1.86. The van der Waals surface area contributed by atoms with Gasteiger partial charge < -0.3 is 4.79 Å². The predicted molar refractivity (Wildman–Crippen MR) is 91.6 cm³/mol. The van der Waals surface area contributed by atoms with Crippen LogP contribution in [0.3, 0.4) is 0 Å². The number of nitrogens with zero attached hydrogens (tertiary/aromatic N) is 3. The number of aldehydes is 1. The molecule has 0 aliphatic heterocycles. The van der Waals surface area contributed by atoms with Gasteiger partial charge >= 0.3 is 17.1 Å². The van der Waals surface area contributed by atoms with E-state index in [1.807, 2.05) is 67.6 Å². The average molecular weight is 371 g/mol. The predicted octanol–water partition coefficient (Wildman–Crippen LogP) is 2.67. The van der Waals surface area contributed by atoms with Gasteiger partial charge in [-0.25, -0.2) is 4.68 Å². The maximum absolute atomic E-state index is 9.87. The van der Waals surface area contributed by atoms with Gasteiger partial charge in [-0.3, -0.25) is 0 Å². The summed E-state index contributed by atoms with van der Waals surface area (Å²) in [6.07, 6.45) is 18.1. The second-order valence-electron chi connectivity index (χ2n) is 5.30. The smallest absolute Gasteiger partial charge is 0.303 e. The number of carbonyl (C=O) groups excluding carboxylic acids is 1. The minimum absolute atomic E-state index is 0. The molecule has 25 heavy (non-hydrogen) atoms. The fourth-order valence-electron chi connectivity index (χ4n) is 2.29. The van der Waals surface area contributed by atoms with E-state index in [1.165, 1.54) is 5.56 Å². The third-order valence-corrected chi connectivity index (χ3v) is 3.51. The molecule has 2 aromatic rings. The molecule has 124 valence electrons. The van der Waals surface area contributed by atoms with Crippen LogP contribution in [0.5, 0.6) is 0 Å². The molecule has 2 fully saturated rings. The summed E-state index contributed by atoms with van der Waals surface area (Å²) in [5.41, 5.74) is 2.15. The van der Waals surface area contributed by atoms with Crippen molar-refractivity contribution >= 4 is 6.29 Å². The maximum atomic E-state index is 9.87. The number of carbonyl (C=O) groups is 1. The van der Waals surface area contributed by atoms with Crippen LogP contribution in [0, 0.1) is 63.2 Å². The first-order valence-electron chi connectivity index (χ1n) is 7.68. The Bertz CT molecular complexity index is 617. The molecule has 0 bridgehead atoms. The van der Waals surface area contributed by atoms with E-state index in [9.17, 15) is 4.79 Å². The molecule has 0 N–H and O–H groups in total. The average Bonchev–Trinajstić information content (AvgIpc) is 3.38. The molecule has 5 heteroatoms. The van der Waals surface area contributed by atoms with Gasteiger partial charge in [0.25, 0.3) is 0 Å². The molecule has 1 heterocycles. The van der Waals surface area contributed by atoms with E-state index < -0.39 is 0 Å². The molecule has 2 saturated carbocycles. The first-order valence-corrected chi connectivity index (χ1v) is 7.68. The molecule has 0 atom stereocenters. The number of hydrogen-bond donors (Lipinski definition) is 0. The van der Waals surface area contributed by atoms with Gasteiger partial charge in [-0.15, -0.1) is 5.10 Å². The quantitative estimate of drug-likeness (QED) is 0.613. The van der Waals surface area contributed by atoms with Crippen molar-refractivity contribution in [2.24, 2.45) is 0 Å². The van der Waals surface area contributed by atoms with Crippen LogP contribution in [-0.2, 0) is 28.4 Å². The zero-order valence-electron chi connectivity index (χ0n) is 13.5. The van der Waals surface area contributed by atoms with E-state index in [1.54, 1.807) is 12.8 Å². The van der Waals surface area contributed by atoms with Crippen molar-refractivity contribution in [3.8, 4) is 0 Å². The monoisotopic (exact) mass is 371 g/mol. The Morgan fingerprint density at radius 3 is 2.16 bits per heavy atom. The largest absolute Gasteiger partial charge is 2.00 e. The van der Waals surface area contributed by atoms with Crippen LogP contribution in [0.25, 0.3) is 0 Å². The SMILES string of the molecule is O=C[C]1[CH][CH][CH][CH]1.[CH]1[CH][CH][C](c2cn(Cc3ccccc3)nn2)[CH]1.[Fe+2]. The second kappa shape index (κ2) is 10.5. The minimum atomic E-state index is 0. The zero-order valence-corrected chi connectivity index (χ0v) is 14.6. The number of aromatic nitrogens is 3. The third kappa shape index (κ3) is 6.09. The number of hydrogen-bond acceptors (Lipinski definition) is 3. The summed E-state index contributed by atoms with van der Waals surface area (Å²) in [6, 6.07) is 10.3. The molecule has 0 amide bonds. The van der Waals surface area contributed by atoms with Crippen LogP contribution >= 0.6 is 0 Å². The van der Waals surface area contributed by atoms with E-state index in [2.05, 4.69) is 22.4 Å². The van der Waals surface area contributed by atoms with Gasteiger partial charge in [0.05, 0.1) is 12.2 Å². The van der Waals surface area contributed by atoms with E-state index in [0.29, 0.717) is 0 Å². The molecule has 4 rings (SSSR count). The summed E-state index contributed by atoms with van der Waals surface area (Å²) in [5, 5.41) is 8.30. The maximum Gasteiger partial charge on any atom is 2.00 e. The molecule has 4 nitrogen and oxygen atoms in total. The van der Waals surface area contributed by atoms with Crippen molar-refractivity contribution in [3.63, 3.8) is 0 Å². The molecule has 0 saturated heterocycles. The third-order valence-electron chi connectivity index (χ3n) is 3.51. The van der Waals surface area contributed by atoms with Crippen molar-refractivity contribution < 1.29 is 21.9 Å². The molecule has 10 radical (unpaired) electrons. The molecule has 2 aliphatic carbocycles. The van der Waals surface area contributed by atoms with Gasteiger partial charge in [-0.2, -0.15) is 0 Å². The van der Waals surface area contributed by atoms with Crippen molar-refractivity contribution in [2.75, 3.05) is 0 Å². The van der Waals surface area contributed by atoms with Gasteiger partial charge in [-0.1, -0.05) is 35.5 Å². The summed E-state index contributed by atoms with van der Waals surface area (Å²) >= 11 is 0. The summed E-state index contributed by atoms with van der Waals surface area (Å²) in [7, 11) is 0. The molecule has 0 spiro atoms. The Kier molecular flexibility index (Phi) is 8.36. The van der Waals surface area contributed by atoms with Crippen molar-refractivity contribution in [3.05, 3.63) is 111 Å². The van der Waals surface area contributed by atoms with Crippen LogP contribution in [0.1, 0.15) is 11.3 Å². The van der Waals surface area contributed by atoms with E-state index in [4.69, 9.17) is 0 Å². The van der Waals surface area contributed by atoms with Crippen LogP contribution < -0.4 is 0 Å². The Balaban J connectivity index is 0.000000240. The van der Waals surface area contributed by atoms with Crippen molar-refractivity contribution in [1.29, 1.82) is 0 Å². The summed E-state index contributed by atoms with van der Waals surface area (Å²) in [5.74, 6) is 1.87. The fourth-order valence-corrected chi connectivity index (χ4v) is 2.29. The van der Waals surface area contributed by atoms with E-state index >= 15 is 0 Å². The second-order valence-corrected chi connectivity index (χ2v) is 5.30. The van der Waals surface area contributed by atoms with Crippen LogP contribution in [-0.4, -0.2) is 21.3 Å². The summed E-state index contributed by atoms with van der Waals surface area (Å²) in [6.45, 7) is 0.758. The normalized spacial score (nSPS) is 17.6. The molecular formula is C20H17FeN3O+2. The van der Waals surface area contributed by atoms with Gasteiger partial charge in [0.15, 0.2) is 0 Å². The molecular weight excluding hydrogens is 354 g/mol. The van der Waals surface area contributed by atoms with Crippen molar-refractivity contribution in [1.82, 2.24) is 15.0 Å². The van der Waals surface area contributed by atoms with Crippen LogP contribution in [0.15, 0.2) is 36.5 Å². The Morgan fingerprint density at radius 1 is 0.920 bits per heavy atom. The van der Waals surface area contributed by atoms with E-state index in [-0.39, 0.29) is 17.1 Å². The topological polar surface area (TPSA) is 47.8 Å². The van der Waals surface area contributed by atoms with E-state index in [0.717, 1.165) is 30.4 Å². The molecule has 1 aromatic carbocycles. The number of benzene rings is 1. The molecule has 2 aliphatic rings. The van der Waals surface area contributed by atoms with Crippen LogP contribution in [0.2, 0.25) is 0 Å². The Hall–Kier alpha value is -1.45. The van der Waals surface area contributed by atoms with Gasteiger partial charge in [0.1, 0.15) is 6.29 Å². The van der Waals surface area contributed by atoms with Gasteiger partial charge in [-0.05, 0) is 56.9 Å². The Morgan fingerprint density at radius 2 is 1.56 bits per heavy atom.